The molecule has 0 aliphatic carbocycles. The van der Waals surface area contributed by atoms with Gasteiger partial charge in [-0.1, -0.05) is 97.1 Å². The molecule has 5 aromatic rings. The van der Waals surface area contributed by atoms with E-state index in [1.54, 1.807) is 0 Å². The monoisotopic (exact) mass is 757 g/mol. The number of nitrogens with one attached hydrogen (secondary N) is 3. The van der Waals surface area contributed by atoms with Gasteiger partial charge in [-0.3, -0.25) is 9.59 Å². The number of halogens is 3. The first-order valence-corrected chi connectivity index (χ1v) is 17.6. The first-order valence-electron chi connectivity index (χ1n) is 17.6. The minimum Gasteiger partial charge on any atom is -0.475 e. The van der Waals surface area contributed by atoms with Gasteiger partial charge in [0.15, 0.2) is 0 Å². The molecule has 1 aliphatic heterocycles. The molecule has 1 aromatic heterocycles. The van der Waals surface area contributed by atoms with Crippen LogP contribution in [0.2, 0.25) is 0 Å². The summed E-state index contributed by atoms with van der Waals surface area (Å²) in [6, 6.07) is 33.5. The van der Waals surface area contributed by atoms with Crippen molar-refractivity contribution >= 4 is 23.5 Å². The highest BCUT2D eigenvalue weighted by molar-refractivity contribution is 6.00. The van der Waals surface area contributed by atoms with Crippen molar-refractivity contribution in [2.75, 3.05) is 18.1 Å². The average molecular weight is 758 g/mol. The molecule has 15 heteroatoms. The highest BCUT2D eigenvalue weighted by atomic mass is 19.4. The van der Waals surface area contributed by atoms with Gasteiger partial charge in [0, 0.05) is 29.8 Å². The number of para-hydroxylation sites is 1. The van der Waals surface area contributed by atoms with E-state index < -0.39 is 23.7 Å². The highest BCUT2D eigenvalue weighted by Gasteiger charge is 2.38. The number of H-pyrrole nitrogens is 1. The number of anilines is 1. The first kappa shape index (κ1) is 40.3. The zero-order valence-corrected chi connectivity index (χ0v) is 30.3. The van der Waals surface area contributed by atoms with Gasteiger partial charge in [0.2, 0.25) is 17.6 Å². The van der Waals surface area contributed by atoms with E-state index in [-0.39, 0.29) is 18.2 Å². The Morgan fingerprint density at radius 1 is 0.909 bits per heavy atom. The fourth-order valence-electron chi connectivity index (χ4n) is 6.13. The number of rotatable bonds is 13. The largest absolute Gasteiger partial charge is 0.490 e. The lowest BCUT2D eigenvalue weighted by Crippen LogP contribution is -2.51. The molecule has 0 saturated heterocycles. The number of aromatic nitrogens is 4. The number of carbonyl (C=O) groups is 3. The number of aromatic amines is 1. The molecule has 2 heterocycles. The molecular weight excluding hydrogens is 715 g/mol. The van der Waals surface area contributed by atoms with Gasteiger partial charge in [-0.15, -0.1) is 10.2 Å². The third kappa shape index (κ3) is 11.5. The van der Waals surface area contributed by atoms with Crippen LogP contribution in [0.5, 0.6) is 0 Å². The second-order valence-corrected chi connectivity index (χ2v) is 13.5. The maximum absolute atomic E-state index is 14.1. The molecule has 4 N–H and O–H groups in total. The summed E-state index contributed by atoms with van der Waals surface area (Å²) in [6.45, 7) is 6.05. The van der Waals surface area contributed by atoms with Crippen LogP contribution < -0.4 is 15.5 Å². The maximum atomic E-state index is 14.1. The summed E-state index contributed by atoms with van der Waals surface area (Å²) in [6.07, 6.45) is -3.63. The second kappa shape index (κ2) is 18.4. The predicted octanol–water partition coefficient (Wildman–Crippen LogP) is 6.11. The van der Waals surface area contributed by atoms with Gasteiger partial charge in [-0.05, 0) is 65.8 Å². The van der Waals surface area contributed by atoms with Crippen molar-refractivity contribution in [1.29, 1.82) is 0 Å². The summed E-state index contributed by atoms with van der Waals surface area (Å²) in [4.78, 5) is 38.1. The van der Waals surface area contributed by atoms with Crippen LogP contribution in [0.3, 0.4) is 0 Å². The number of benzene rings is 4. The van der Waals surface area contributed by atoms with E-state index >= 15 is 0 Å². The number of carboxylic acid groups (broad SMARTS) is 1. The van der Waals surface area contributed by atoms with Crippen LogP contribution in [0.4, 0.5) is 18.9 Å². The number of fused-ring (bicyclic) bond motifs is 1. The summed E-state index contributed by atoms with van der Waals surface area (Å²) >= 11 is 0. The summed E-state index contributed by atoms with van der Waals surface area (Å²) < 4.78 is 37.5. The molecule has 0 spiro atoms. The van der Waals surface area contributed by atoms with Crippen molar-refractivity contribution in [3.8, 4) is 22.5 Å². The van der Waals surface area contributed by atoms with E-state index in [1.165, 1.54) is 0 Å². The van der Waals surface area contributed by atoms with E-state index in [1.807, 2.05) is 116 Å². The molecule has 6 rings (SSSR count). The minimum absolute atomic E-state index is 0.111. The average Bonchev–Trinajstić information content (AvgIpc) is 3.67. The Hall–Kier alpha value is -5.93. The van der Waals surface area contributed by atoms with Crippen molar-refractivity contribution in [2.24, 2.45) is 0 Å². The highest BCUT2D eigenvalue weighted by Crippen LogP contribution is 2.32. The number of nitrogens with zero attached hydrogens (tertiary/aromatic N) is 4. The van der Waals surface area contributed by atoms with Crippen LogP contribution in [0.25, 0.3) is 22.5 Å². The van der Waals surface area contributed by atoms with Crippen molar-refractivity contribution < 1.29 is 37.4 Å². The third-order valence-corrected chi connectivity index (χ3v) is 8.81. The maximum Gasteiger partial charge on any atom is 0.490 e. The van der Waals surface area contributed by atoms with Crippen molar-refractivity contribution in [1.82, 2.24) is 31.3 Å². The predicted molar refractivity (Wildman–Crippen MR) is 199 cm³/mol. The third-order valence-electron chi connectivity index (χ3n) is 8.81. The van der Waals surface area contributed by atoms with Gasteiger partial charge >= 0.3 is 12.1 Å². The molecule has 4 aromatic carbocycles. The lowest BCUT2D eigenvalue weighted by atomic mass is 9.98. The Bertz CT molecular complexity index is 2030. The zero-order chi connectivity index (χ0) is 39.4. The van der Waals surface area contributed by atoms with Gasteiger partial charge in [-0.25, -0.2) is 4.79 Å². The molecule has 0 radical (unpaired) electrons. The smallest absolute Gasteiger partial charge is 0.475 e. The number of tetrazole rings is 1. The Morgan fingerprint density at radius 2 is 1.56 bits per heavy atom. The first-order chi connectivity index (χ1) is 26.3. The fraction of sp³-hybridized carbons (Fsp3) is 0.300. The summed E-state index contributed by atoms with van der Waals surface area (Å²) in [7, 11) is 0. The van der Waals surface area contributed by atoms with Gasteiger partial charge in [0.25, 0.3) is 0 Å². The van der Waals surface area contributed by atoms with E-state index in [0.717, 1.165) is 39.1 Å². The van der Waals surface area contributed by atoms with E-state index in [2.05, 4.69) is 37.3 Å². The van der Waals surface area contributed by atoms with E-state index in [4.69, 9.17) is 14.6 Å². The topological polar surface area (TPSA) is 162 Å². The zero-order valence-electron chi connectivity index (χ0n) is 30.3. The van der Waals surface area contributed by atoms with Crippen molar-refractivity contribution in [2.45, 2.75) is 64.0 Å². The molecule has 12 nitrogen and oxygen atoms in total. The van der Waals surface area contributed by atoms with Crippen molar-refractivity contribution in [3.63, 3.8) is 0 Å². The molecule has 288 valence electrons. The number of alkyl halides is 3. The number of ether oxygens (including phenoxy) is 1. The molecule has 2 amide bonds. The SMILES string of the molecule is CC(C)(CC(=O)N[C@@H]1CCc2ccccc2N(Cc2ccc(-c3ccccc3-c3nn[nH]n3)cc2)C1=O)NCCOCc1ccccc1.O=C(O)C(F)(F)F. The number of hydrogen-bond donors (Lipinski definition) is 4. The molecular formula is C40H42F3N7O5. The van der Waals surface area contributed by atoms with E-state index in [9.17, 15) is 22.8 Å². The van der Waals surface area contributed by atoms with Crippen LogP contribution in [-0.4, -0.2) is 74.4 Å². The second-order valence-electron chi connectivity index (χ2n) is 13.5. The number of carbonyl (C=O) groups excluding carboxylic acids is 2. The van der Waals surface area contributed by atoms with E-state index in [0.29, 0.717) is 45.0 Å². The Kier molecular flexibility index (Phi) is 13.5. The van der Waals surface area contributed by atoms with Crippen LogP contribution >= 0.6 is 0 Å². The van der Waals surface area contributed by atoms with Gasteiger partial charge < -0.3 is 25.4 Å². The number of aryl methyl sites for hydroxylation is 1. The number of hydrogen-bond acceptors (Lipinski definition) is 8. The van der Waals surface area contributed by atoms with Gasteiger partial charge in [-0.2, -0.15) is 18.4 Å². The standard InChI is InChI=1S/C38H41N7O3.C2HF3O2/c1-38(2,39-22-23-48-26-28-10-4-3-5-11-28)24-35(46)40-33-21-20-30-12-6-9-15-34(30)45(37(33)47)25-27-16-18-29(19-17-27)31-13-7-8-14-32(31)36-41-43-44-42-36;3-2(4,5)1(6)7/h3-19,33,39H,20-26H2,1-2H3,(H,40,46)(H,41,42,43,44);(H,6,7)/t33-;/m1./s1. The van der Waals surface area contributed by atoms with Gasteiger partial charge in [0.1, 0.15) is 6.04 Å². The number of amides is 2. The minimum atomic E-state index is -5.08. The number of aliphatic carboxylic acids is 1. The molecule has 55 heavy (non-hydrogen) atoms. The Labute approximate surface area is 316 Å². The molecule has 1 aliphatic rings. The summed E-state index contributed by atoms with van der Waals surface area (Å²) in [5, 5.41) is 28.2. The fourth-order valence-corrected chi connectivity index (χ4v) is 6.13. The quantitative estimate of drug-likeness (QED) is 0.104. The lowest BCUT2D eigenvalue weighted by Gasteiger charge is -2.29. The Balaban J connectivity index is 0.000000757. The normalized spacial score (nSPS) is 14.3. The van der Waals surface area contributed by atoms with Crippen molar-refractivity contribution in [3.05, 3.63) is 120 Å². The molecule has 0 unspecified atom stereocenters. The lowest BCUT2D eigenvalue weighted by molar-refractivity contribution is -0.192. The number of carboxylic acids is 1. The molecule has 0 fully saturated rings. The van der Waals surface area contributed by atoms with Crippen LogP contribution in [-0.2, 0) is 38.7 Å². The van der Waals surface area contributed by atoms with Crippen LogP contribution in [0, 0.1) is 0 Å². The molecule has 0 saturated carbocycles. The van der Waals surface area contributed by atoms with Crippen LogP contribution in [0.1, 0.15) is 43.4 Å². The van der Waals surface area contributed by atoms with Crippen LogP contribution in [0.15, 0.2) is 103 Å². The Morgan fingerprint density at radius 3 is 2.24 bits per heavy atom. The molecule has 1 atom stereocenters. The summed E-state index contributed by atoms with van der Waals surface area (Å²) in [5.74, 6) is -2.50. The summed E-state index contributed by atoms with van der Waals surface area (Å²) in [5.41, 5.74) is 6.47. The van der Waals surface area contributed by atoms with Gasteiger partial charge in [0.05, 0.1) is 19.8 Å². The molecule has 0 bridgehead atoms.